The number of anilines is 2. The van der Waals surface area contributed by atoms with Crippen molar-refractivity contribution in [1.82, 2.24) is 0 Å². The number of carboxylic acids is 4. The fourth-order valence-electron chi connectivity index (χ4n) is 12.4. The molecule has 5 aliphatic heterocycles. The van der Waals surface area contributed by atoms with Crippen molar-refractivity contribution in [3.8, 4) is 0 Å². The van der Waals surface area contributed by atoms with Crippen LogP contribution in [-0.2, 0) is 5.41 Å². The highest BCUT2D eigenvalue weighted by Gasteiger charge is 2.50. The number of hydrogen-bond donors (Lipinski definition) is 2. The summed E-state index contributed by atoms with van der Waals surface area (Å²) in [6.45, 7) is 10.9. The Morgan fingerprint density at radius 2 is 0.988 bits per heavy atom. The minimum Gasteiger partial charge on any atom is -0.545 e. The van der Waals surface area contributed by atoms with Gasteiger partial charge in [-0.25, -0.2) is 45.1 Å². The van der Waals surface area contributed by atoms with Crippen LogP contribution in [0.25, 0.3) is 11.1 Å². The van der Waals surface area contributed by atoms with Crippen LogP contribution < -0.4 is 25.2 Å². The van der Waals surface area contributed by atoms with Gasteiger partial charge >= 0.3 is 11.9 Å². The van der Waals surface area contributed by atoms with Gasteiger partial charge in [0, 0.05) is 41.1 Å². The van der Waals surface area contributed by atoms with Gasteiger partial charge in [0.05, 0.1) is 49.2 Å². The first-order valence-corrected chi connectivity index (χ1v) is 29.0. The lowest BCUT2D eigenvalue weighted by atomic mass is 9.64. The highest BCUT2D eigenvalue weighted by Crippen LogP contribution is 2.52. The summed E-state index contributed by atoms with van der Waals surface area (Å²) in [5, 5.41) is 45.5. The maximum atomic E-state index is 14.3. The van der Waals surface area contributed by atoms with Crippen LogP contribution >= 0.6 is 0 Å². The number of fused-ring (bicyclic) bond motifs is 4. The van der Waals surface area contributed by atoms with Crippen molar-refractivity contribution in [1.29, 1.82) is 0 Å². The van der Waals surface area contributed by atoms with Crippen molar-refractivity contribution < 1.29 is 75.1 Å². The van der Waals surface area contributed by atoms with E-state index >= 15 is 0 Å². The molecule has 0 saturated carbocycles. The second kappa shape index (κ2) is 18.2. The number of alkyl halides is 6. The van der Waals surface area contributed by atoms with Gasteiger partial charge in [-0.3, -0.25) is 0 Å². The largest absolute Gasteiger partial charge is 0.545 e. The van der Waals surface area contributed by atoms with Gasteiger partial charge in [0.2, 0.25) is 11.3 Å². The number of carbonyl (C=O) groups is 4. The number of nitrogens with zero attached hydrogens (tertiary/aromatic N) is 4. The lowest BCUT2D eigenvalue weighted by Crippen LogP contribution is -2.57. The molecule has 5 heterocycles. The molecule has 0 amide bonds. The van der Waals surface area contributed by atoms with E-state index in [0.29, 0.717) is 33.7 Å². The fourth-order valence-corrected chi connectivity index (χ4v) is 15.5. The molecule has 19 heteroatoms. The summed E-state index contributed by atoms with van der Waals surface area (Å²) < 4.78 is 87.3. The molecular weight excluding hydrogens is 1060 g/mol. The zero-order valence-corrected chi connectivity index (χ0v) is 45.4. The first-order valence-electron chi connectivity index (χ1n) is 26.0. The monoisotopic (exact) mass is 1110 g/mol. The molecular formula is C61H54F6N4O8Si. The zero-order chi connectivity index (χ0) is 57.6. The molecule has 0 atom stereocenters. The third-order valence-corrected chi connectivity index (χ3v) is 20.0. The number of carbonyl (C=O) groups excluding carboxylic acids is 2. The Kier molecular flexibility index (Phi) is 12.3. The number of benzene rings is 4. The molecule has 12 rings (SSSR count). The van der Waals surface area contributed by atoms with E-state index in [-0.39, 0.29) is 72.6 Å². The van der Waals surface area contributed by atoms with Crippen molar-refractivity contribution in [3.05, 3.63) is 181 Å². The average Bonchev–Trinajstić information content (AvgIpc) is 3.09. The van der Waals surface area contributed by atoms with Crippen LogP contribution in [0.1, 0.15) is 96.9 Å². The zero-order valence-electron chi connectivity index (χ0n) is 44.4. The summed E-state index contributed by atoms with van der Waals surface area (Å²) in [6, 6.07) is 18.4. The van der Waals surface area contributed by atoms with Crippen molar-refractivity contribution >= 4 is 71.1 Å². The summed E-state index contributed by atoms with van der Waals surface area (Å²) in [7, 11) is -2.52. The predicted octanol–water partition coefficient (Wildman–Crippen LogP) is 7.15. The van der Waals surface area contributed by atoms with E-state index in [4.69, 9.17) is 0 Å². The Balaban J connectivity index is 0.000000169. The normalized spacial score (nSPS) is 24.1. The summed E-state index contributed by atoms with van der Waals surface area (Å²) >= 11 is 0. The van der Waals surface area contributed by atoms with Crippen LogP contribution in [0.4, 0.5) is 37.7 Å². The molecule has 4 fully saturated rings. The van der Waals surface area contributed by atoms with Crippen molar-refractivity contribution in [2.75, 3.05) is 62.2 Å². The minimum absolute atomic E-state index is 0.0650. The summed E-state index contributed by atoms with van der Waals surface area (Å²) in [4.78, 5) is 51.3. The van der Waals surface area contributed by atoms with E-state index in [1.807, 2.05) is 77.7 Å². The molecule has 8 aliphatic rings. The van der Waals surface area contributed by atoms with Crippen LogP contribution in [0, 0.1) is 0 Å². The molecule has 2 N–H and O–H groups in total. The molecule has 0 bridgehead atoms. The van der Waals surface area contributed by atoms with Crippen molar-refractivity contribution in [2.45, 2.75) is 69.4 Å². The van der Waals surface area contributed by atoms with E-state index in [1.165, 1.54) is 36.4 Å². The smallest absolute Gasteiger partial charge is 0.336 e. The van der Waals surface area contributed by atoms with Crippen molar-refractivity contribution in [3.63, 3.8) is 0 Å². The second-order valence-corrected chi connectivity index (χ2v) is 27.9. The standard InChI is InChI=1S/C31H27F3N2O4.C30H27F3N2O4Si/c1-29(2)24-11-18(35-13-30(3,32)14-35)5-8-21(24)26(23-10-17(27(37)38)4-7-20(23)28(39)40)22-9-6-19(12-25(22)29)36-15-31(33,34)16-36;1-29(31)13-34(14-29)18-5-8-21-24(11-18)40(2,3)25-12-19(35-15-30(32,33)16-35)6-9-22(25)26(21)23-10-17(27(36)37)4-7-20(23)28(38)39/h4-12H,13-16H2,1-3H3,(H-,37,38,39,40);4-12H,13-16H2,1-3H3,(H-,36,37,38,39). The number of hydrogen-bond acceptors (Lipinski definition) is 8. The number of allylic oxidation sites excluding steroid dienone is 10. The Hall–Kier alpha value is -8.06. The molecule has 0 spiro atoms. The first kappa shape index (κ1) is 53.9. The van der Waals surface area contributed by atoms with Gasteiger partial charge in [0.1, 0.15) is 8.07 Å². The van der Waals surface area contributed by atoms with E-state index in [2.05, 4.69) is 13.1 Å². The topological polar surface area (TPSA) is 167 Å². The maximum Gasteiger partial charge on any atom is 0.336 e. The number of halogens is 6. The molecule has 0 radical (unpaired) electrons. The van der Waals surface area contributed by atoms with Crippen LogP contribution in [0.5, 0.6) is 0 Å². The molecule has 4 aromatic carbocycles. The highest BCUT2D eigenvalue weighted by molar-refractivity contribution is 6.98. The lowest BCUT2D eigenvalue weighted by molar-refractivity contribution is -0.619. The summed E-state index contributed by atoms with van der Waals surface area (Å²) in [5.41, 5.74) is 5.31. The Labute approximate surface area is 457 Å². The van der Waals surface area contributed by atoms with Gasteiger partial charge in [0.25, 0.3) is 11.8 Å². The van der Waals surface area contributed by atoms with Gasteiger partial charge in [0.15, 0.2) is 37.6 Å². The van der Waals surface area contributed by atoms with Crippen molar-refractivity contribution in [2.24, 2.45) is 0 Å². The SMILES string of the molecule is CC1(F)C[N+](=C2C=CC3=C(c4cc(C(=O)[O-])ccc4C(=O)O)c4ccc(N5CC(F)(F)C5)cc4C(C)(C)C3=C2)C1.CC1(F)C[N+](=C2C=CC3=C(c4cc(C(=O)[O-])ccc4C(=O)O)c4ccc(N5CC(F)(F)C5)cc4[Si](C)(C)C3=C2)C1. The van der Waals surface area contributed by atoms with E-state index in [9.17, 15) is 65.9 Å². The van der Waals surface area contributed by atoms with Gasteiger partial charge in [-0.1, -0.05) is 51.2 Å². The lowest BCUT2D eigenvalue weighted by Gasteiger charge is -2.43. The number of aromatic carboxylic acids is 4. The minimum atomic E-state index is -2.76. The van der Waals surface area contributed by atoms with E-state index in [0.717, 1.165) is 44.1 Å². The quantitative estimate of drug-likeness (QED) is 0.105. The number of carboxylic acid groups (broad SMARTS) is 4. The molecule has 80 heavy (non-hydrogen) atoms. The predicted molar refractivity (Wildman–Crippen MR) is 288 cm³/mol. The Morgan fingerprint density at radius 3 is 1.44 bits per heavy atom. The van der Waals surface area contributed by atoms with Gasteiger partial charge in [-0.2, -0.15) is 0 Å². The van der Waals surface area contributed by atoms with E-state index in [1.54, 1.807) is 41.8 Å². The second-order valence-electron chi connectivity index (χ2n) is 23.6. The Morgan fingerprint density at radius 1 is 0.550 bits per heavy atom. The molecule has 4 aromatic rings. The molecule has 0 aromatic heterocycles. The molecule has 12 nitrogen and oxygen atoms in total. The van der Waals surface area contributed by atoms with Crippen LogP contribution in [-0.4, -0.2) is 138 Å². The van der Waals surface area contributed by atoms with Gasteiger partial charge in [-0.05, 0) is 152 Å². The fraction of sp³-hybridized carbons (Fsp3) is 0.311. The molecule has 3 aliphatic carbocycles. The van der Waals surface area contributed by atoms with Crippen LogP contribution in [0.2, 0.25) is 13.1 Å². The maximum absolute atomic E-state index is 14.3. The van der Waals surface area contributed by atoms with Gasteiger partial charge in [-0.15, -0.1) is 0 Å². The molecule has 0 unspecified atom stereocenters. The summed E-state index contributed by atoms with van der Waals surface area (Å²) in [6.07, 6.45) is 11.5. The third-order valence-electron chi connectivity index (χ3n) is 16.5. The highest BCUT2D eigenvalue weighted by atomic mass is 28.3. The molecule has 412 valence electrons. The van der Waals surface area contributed by atoms with Gasteiger partial charge < -0.3 is 39.8 Å². The van der Waals surface area contributed by atoms with Crippen LogP contribution in [0.3, 0.4) is 0 Å². The van der Waals surface area contributed by atoms with E-state index < -0.39 is 73.6 Å². The first-order chi connectivity index (χ1) is 37.3. The number of rotatable bonds is 8. The van der Waals surface area contributed by atoms with Crippen LogP contribution in [0.15, 0.2) is 131 Å². The third kappa shape index (κ3) is 9.21. The Bertz CT molecular complexity index is 3510. The average molecular weight is 1110 g/mol. The summed E-state index contributed by atoms with van der Waals surface area (Å²) in [5.74, 6) is -10.8. The molecule has 4 saturated heterocycles.